The lowest BCUT2D eigenvalue weighted by atomic mass is 10.1. The van der Waals surface area contributed by atoms with Gasteiger partial charge in [0.1, 0.15) is 0 Å². The average molecular weight is 228 g/mol. The van der Waals surface area contributed by atoms with Crippen molar-refractivity contribution in [1.82, 2.24) is 10.2 Å². The third-order valence-corrected chi connectivity index (χ3v) is 2.91. The van der Waals surface area contributed by atoms with E-state index in [2.05, 4.69) is 10.1 Å². The second kappa shape index (κ2) is 5.84. The van der Waals surface area contributed by atoms with E-state index in [4.69, 9.17) is 0 Å². The number of carbonyl (C=O) groups is 2. The maximum atomic E-state index is 12.0. The lowest BCUT2D eigenvalue weighted by Crippen LogP contribution is -2.46. The van der Waals surface area contributed by atoms with Crippen molar-refractivity contribution in [3.8, 4) is 0 Å². The van der Waals surface area contributed by atoms with Crippen LogP contribution in [0.3, 0.4) is 0 Å². The first-order chi connectivity index (χ1) is 7.58. The van der Waals surface area contributed by atoms with E-state index >= 15 is 0 Å². The van der Waals surface area contributed by atoms with Gasteiger partial charge < -0.3 is 15.0 Å². The second-order valence-corrected chi connectivity index (χ2v) is 4.11. The minimum absolute atomic E-state index is 0.00255. The normalized spacial score (nSPS) is 26.4. The molecule has 5 heteroatoms. The number of amides is 1. The van der Waals surface area contributed by atoms with E-state index in [9.17, 15) is 9.59 Å². The highest BCUT2D eigenvalue weighted by molar-refractivity contribution is 5.86. The zero-order chi connectivity index (χ0) is 12.1. The van der Waals surface area contributed by atoms with Crippen molar-refractivity contribution in [3.63, 3.8) is 0 Å². The zero-order valence-electron chi connectivity index (χ0n) is 10.2. The minimum atomic E-state index is -0.440. The van der Waals surface area contributed by atoms with E-state index in [1.807, 2.05) is 13.8 Å². The Morgan fingerprint density at radius 2 is 2.31 bits per heavy atom. The Morgan fingerprint density at radius 3 is 2.88 bits per heavy atom. The van der Waals surface area contributed by atoms with Crippen LogP contribution < -0.4 is 5.32 Å². The molecule has 1 amide bonds. The third-order valence-electron chi connectivity index (χ3n) is 2.91. The van der Waals surface area contributed by atoms with Crippen molar-refractivity contribution in [2.45, 2.75) is 38.8 Å². The van der Waals surface area contributed by atoms with Gasteiger partial charge in [-0.25, -0.2) is 0 Å². The number of carbonyl (C=O) groups excluding carboxylic acids is 2. The number of ether oxygens (including phenoxy) is 1. The molecule has 0 bridgehead atoms. The van der Waals surface area contributed by atoms with Crippen molar-refractivity contribution in [1.29, 1.82) is 0 Å². The van der Waals surface area contributed by atoms with Crippen LogP contribution in [-0.4, -0.2) is 49.1 Å². The molecule has 0 aliphatic carbocycles. The van der Waals surface area contributed by atoms with Crippen molar-refractivity contribution < 1.29 is 14.3 Å². The largest absolute Gasteiger partial charge is 0.469 e. The van der Waals surface area contributed by atoms with Crippen LogP contribution in [0.4, 0.5) is 0 Å². The molecule has 1 N–H and O–H groups in total. The molecule has 2 unspecified atom stereocenters. The van der Waals surface area contributed by atoms with Crippen LogP contribution in [0.25, 0.3) is 0 Å². The molecule has 0 saturated carbocycles. The Hall–Kier alpha value is -1.10. The topological polar surface area (TPSA) is 58.6 Å². The minimum Gasteiger partial charge on any atom is -0.469 e. The standard InChI is InChI=1S/C11H20N2O3/c1-4-13-6-5-8(2)12-9(11(13)15)7-10(14)16-3/h8-9,12H,4-7H2,1-3H3. The van der Waals surface area contributed by atoms with E-state index in [0.29, 0.717) is 6.54 Å². The Balaban J connectivity index is 2.70. The van der Waals surface area contributed by atoms with Crippen LogP contribution in [0.15, 0.2) is 0 Å². The molecular weight excluding hydrogens is 208 g/mol. The summed E-state index contributed by atoms with van der Waals surface area (Å²) in [4.78, 5) is 25.0. The Bertz CT molecular complexity index is 268. The molecule has 1 saturated heterocycles. The maximum Gasteiger partial charge on any atom is 0.307 e. The molecule has 0 aromatic carbocycles. The predicted molar refractivity (Wildman–Crippen MR) is 59.9 cm³/mol. The molecule has 1 aliphatic heterocycles. The van der Waals surface area contributed by atoms with E-state index < -0.39 is 6.04 Å². The van der Waals surface area contributed by atoms with Crippen LogP contribution in [0, 0.1) is 0 Å². The number of hydrogen-bond acceptors (Lipinski definition) is 4. The van der Waals surface area contributed by atoms with Gasteiger partial charge in [-0.15, -0.1) is 0 Å². The van der Waals surface area contributed by atoms with E-state index in [1.54, 1.807) is 4.90 Å². The SMILES string of the molecule is CCN1CCC(C)NC(CC(=O)OC)C1=O. The number of likely N-dealkylation sites (N-methyl/N-ethyl adjacent to an activating group) is 1. The monoisotopic (exact) mass is 228 g/mol. The molecule has 0 spiro atoms. The molecule has 5 nitrogen and oxygen atoms in total. The molecule has 0 radical (unpaired) electrons. The van der Waals surface area contributed by atoms with E-state index in [-0.39, 0.29) is 24.3 Å². The first-order valence-corrected chi connectivity index (χ1v) is 5.70. The predicted octanol–water partition coefficient (Wildman–Crippen LogP) is 0.148. The summed E-state index contributed by atoms with van der Waals surface area (Å²) in [7, 11) is 1.34. The molecule has 16 heavy (non-hydrogen) atoms. The first kappa shape index (κ1) is 13.0. The lowest BCUT2D eigenvalue weighted by molar-refractivity contribution is -0.144. The van der Waals surface area contributed by atoms with Gasteiger partial charge in [0.25, 0.3) is 0 Å². The summed E-state index contributed by atoms with van der Waals surface area (Å²) in [5, 5.41) is 3.17. The van der Waals surface area contributed by atoms with Gasteiger partial charge in [0, 0.05) is 19.1 Å². The highest BCUT2D eigenvalue weighted by atomic mass is 16.5. The third kappa shape index (κ3) is 3.20. The van der Waals surface area contributed by atoms with Gasteiger partial charge in [0.15, 0.2) is 0 Å². The van der Waals surface area contributed by atoms with Crippen LogP contribution in [-0.2, 0) is 14.3 Å². The number of hydrogen-bond donors (Lipinski definition) is 1. The first-order valence-electron chi connectivity index (χ1n) is 5.70. The second-order valence-electron chi connectivity index (χ2n) is 4.11. The Kier molecular flexibility index (Phi) is 4.73. The Morgan fingerprint density at radius 1 is 1.62 bits per heavy atom. The number of esters is 1. The van der Waals surface area contributed by atoms with Crippen LogP contribution in [0.1, 0.15) is 26.7 Å². The molecule has 1 fully saturated rings. The van der Waals surface area contributed by atoms with Crippen molar-refractivity contribution in [3.05, 3.63) is 0 Å². The number of rotatable bonds is 3. The summed E-state index contributed by atoms with van der Waals surface area (Å²) >= 11 is 0. The maximum absolute atomic E-state index is 12.0. The zero-order valence-corrected chi connectivity index (χ0v) is 10.2. The highest BCUT2D eigenvalue weighted by Crippen LogP contribution is 2.09. The van der Waals surface area contributed by atoms with Crippen molar-refractivity contribution >= 4 is 11.9 Å². The summed E-state index contributed by atoms with van der Waals surface area (Å²) in [6, 6.07) is -0.194. The number of nitrogens with zero attached hydrogens (tertiary/aromatic N) is 1. The summed E-state index contributed by atoms with van der Waals surface area (Å²) in [6.07, 6.45) is 1.02. The molecule has 0 aromatic heterocycles. The quantitative estimate of drug-likeness (QED) is 0.698. The van der Waals surface area contributed by atoms with Crippen LogP contribution in [0.2, 0.25) is 0 Å². The van der Waals surface area contributed by atoms with Gasteiger partial charge in [-0.1, -0.05) is 0 Å². The van der Waals surface area contributed by atoms with Crippen LogP contribution in [0.5, 0.6) is 0 Å². The van der Waals surface area contributed by atoms with Gasteiger partial charge in [-0.3, -0.25) is 9.59 Å². The summed E-state index contributed by atoms with van der Waals surface area (Å²) in [5.74, 6) is -0.353. The van der Waals surface area contributed by atoms with Gasteiger partial charge in [0.2, 0.25) is 5.91 Å². The van der Waals surface area contributed by atoms with E-state index in [0.717, 1.165) is 13.0 Å². The molecule has 0 aromatic rings. The molecule has 2 atom stereocenters. The number of nitrogens with one attached hydrogen (secondary N) is 1. The van der Waals surface area contributed by atoms with Gasteiger partial charge >= 0.3 is 5.97 Å². The van der Waals surface area contributed by atoms with Crippen molar-refractivity contribution in [2.24, 2.45) is 0 Å². The highest BCUT2D eigenvalue weighted by Gasteiger charge is 2.30. The van der Waals surface area contributed by atoms with Gasteiger partial charge in [0.05, 0.1) is 19.6 Å². The average Bonchev–Trinajstić information content (AvgIpc) is 2.40. The molecule has 1 heterocycles. The van der Waals surface area contributed by atoms with Crippen LogP contribution >= 0.6 is 0 Å². The molecular formula is C11H20N2O3. The number of methoxy groups -OCH3 is 1. The fourth-order valence-corrected chi connectivity index (χ4v) is 1.89. The molecule has 92 valence electrons. The van der Waals surface area contributed by atoms with E-state index in [1.165, 1.54) is 7.11 Å². The fraction of sp³-hybridized carbons (Fsp3) is 0.818. The molecule has 1 aliphatic rings. The Labute approximate surface area is 96.1 Å². The molecule has 1 rings (SSSR count). The van der Waals surface area contributed by atoms with Crippen molar-refractivity contribution in [2.75, 3.05) is 20.2 Å². The lowest BCUT2D eigenvalue weighted by Gasteiger charge is -2.22. The van der Waals surface area contributed by atoms with Gasteiger partial charge in [-0.2, -0.15) is 0 Å². The summed E-state index contributed by atoms with van der Waals surface area (Å²) in [6.45, 7) is 5.41. The fourth-order valence-electron chi connectivity index (χ4n) is 1.89. The summed E-state index contributed by atoms with van der Waals surface area (Å²) < 4.78 is 4.60. The van der Waals surface area contributed by atoms with Gasteiger partial charge in [-0.05, 0) is 20.3 Å². The summed E-state index contributed by atoms with van der Waals surface area (Å²) in [5.41, 5.74) is 0. The smallest absolute Gasteiger partial charge is 0.307 e.